The van der Waals surface area contributed by atoms with Gasteiger partial charge in [-0.2, -0.15) is 13.2 Å². The lowest BCUT2D eigenvalue weighted by atomic mass is 10.0. The third-order valence-corrected chi connectivity index (χ3v) is 3.61. The van der Waals surface area contributed by atoms with Crippen LogP contribution in [0.3, 0.4) is 0 Å². The van der Waals surface area contributed by atoms with Crippen LogP contribution in [0, 0.1) is 5.92 Å². The molecule has 0 bridgehead atoms. The molecule has 0 spiro atoms. The Balaban J connectivity index is 0.000000810. The second kappa shape index (κ2) is 4.87. The van der Waals surface area contributed by atoms with E-state index in [0.717, 1.165) is 25.6 Å². The normalized spacial score (nSPS) is 28.9. The first kappa shape index (κ1) is 15.5. The second-order valence-electron chi connectivity index (χ2n) is 4.59. The van der Waals surface area contributed by atoms with Crippen molar-refractivity contribution in [2.24, 2.45) is 5.92 Å². The van der Waals surface area contributed by atoms with Gasteiger partial charge in [0.15, 0.2) is 0 Å². The number of halogens is 5. The van der Waals surface area contributed by atoms with E-state index in [1.165, 1.54) is 6.07 Å². The molecule has 0 aromatic carbocycles. The Morgan fingerprint density at radius 3 is 2.50 bits per heavy atom. The molecule has 2 heterocycles. The van der Waals surface area contributed by atoms with Crippen molar-refractivity contribution in [1.82, 2.24) is 10.3 Å². The highest BCUT2D eigenvalue weighted by atomic mass is 35.5. The molecule has 1 saturated carbocycles. The maximum absolute atomic E-state index is 12.5. The molecular formula is C11H13Cl2F3N2. The minimum absolute atomic E-state index is 0. The smallest absolute Gasteiger partial charge is 0.315 e. The largest absolute Gasteiger partial charge is 0.433 e. The Morgan fingerprint density at radius 1 is 1.28 bits per heavy atom. The quantitative estimate of drug-likeness (QED) is 0.863. The summed E-state index contributed by atoms with van der Waals surface area (Å²) in [6.45, 7) is 1.66. The summed E-state index contributed by atoms with van der Waals surface area (Å²) in [7, 11) is 0. The third kappa shape index (κ3) is 2.31. The lowest BCUT2D eigenvalue weighted by molar-refractivity contribution is -0.141. The SMILES string of the molecule is Cl.Cl.FC(F)(F)c1cccc([C@]23CNC[C@H]2C3)n1. The summed E-state index contributed by atoms with van der Waals surface area (Å²) >= 11 is 0. The van der Waals surface area contributed by atoms with Crippen LogP contribution >= 0.6 is 24.8 Å². The van der Waals surface area contributed by atoms with Crippen LogP contribution in [0.4, 0.5) is 13.2 Å². The van der Waals surface area contributed by atoms with Crippen LogP contribution in [-0.2, 0) is 11.6 Å². The van der Waals surface area contributed by atoms with Crippen LogP contribution in [0.5, 0.6) is 0 Å². The first-order chi connectivity index (χ1) is 7.52. The topological polar surface area (TPSA) is 24.9 Å². The Hall–Kier alpha value is -0.520. The van der Waals surface area contributed by atoms with Gasteiger partial charge in [0.25, 0.3) is 0 Å². The molecule has 7 heteroatoms. The van der Waals surface area contributed by atoms with Gasteiger partial charge in [-0.25, -0.2) is 4.98 Å². The molecule has 1 N–H and O–H groups in total. The molecular weight excluding hydrogens is 288 g/mol. The molecule has 18 heavy (non-hydrogen) atoms. The fourth-order valence-corrected chi connectivity index (χ4v) is 2.61. The van der Waals surface area contributed by atoms with Crippen LogP contribution in [-0.4, -0.2) is 18.1 Å². The first-order valence-electron chi connectivity index (χ1n) is 5.28. The molecule has 2 aliphatic rings. The van der Waals surface area contributed by atoms with Gasteiger partial charge in [0.1, 0.15) is 5.69 Å². The van der Waals surface area contributed by atoms with Crippen LogP contribution in [0.2, 0.25) is 0 Å². The van der Waals surface area contributed by atoms with E-state index in [4.69, 9.17) is 0 Å². The molecule has 1 aliphatic heterocycles. The van der Waals surface area contributed by atoms with Crippen LogP contribution in [0.15, 0.2) is 18.2 Å². The number of nitrogens with one attached hydrogen (secondary N) is 1. The zero-order valence-corrected chi connectivity index (χ0v) is 11.0. The zero-order valence-electron chi connectivity index (χ0n) is 9.33. The zero-order chi connectivity index (χ0) is 11.4. The van der Waals surface area contributed by atoms with Gasteiger partial charge >= 0.3 is 6.18 Å². The fraction of sp³-hybridized carbons (Fsp3) is 0.545. The number of aromatic nitrogens is 1. The van der Waals surface area contributed by atoms with Crippen molar-refractivity contribution in [3.63, 3.8) is 0 Å². The summed E-state index contributed by atoms with van der Waals surface area (Å²) < 4.78 is 37.5. The molecule has 2 nitrogen and oxygen atoms in total. The summed E-state index contributed by atoms with van der Waals surface area (Å²) in [5.41, 5.74) is -0.296. The molecule has 3 rings (SSSR count). The lowest BCUT2D eigenvalue weighted by Crippen LogP contribution is -2.21. The van der Waals surface area contributed by atoms with Gasteiger partial charge in [0, 0.05) is 17.7 Å². The molecule has 0 unspecified atom stereocenters. The number of nitrogens with zero attached hydrogens (tertiary/aromatic N) is 1. The molecule has 1 aromatic rings. The maximum atomic E-state index is 12.5. The average molecular weight is 301 g/mol. The van der Waals surface area contributed by atoms with Gasteiger partial charge in [0.05, 0.1) is 0 Å². The van der Waals surface area contributed by atoms with Crippen molar-refractivity contribution in [1.29, 1.82) is 0 Å². The van der Waals surface area contributed by atoms with Crippen molar-refractivity contribution >= 4 is 24.8 Å². The highest BCUT2D eigenvalue weighted by Gasteiger charge is 2.59. The van der Waals surface area contributed by atoms with Crippen molar-refractivity contribution in [2.45, 2.75) is 18.0 Å². The molecule has 1 aromatic heterocycles. The van der Waals surface area contributed by atoms with Gasteiger partial charge in [-0.05, 0) is 31.0 Å². The Bertz CT molecular complexity index is 439. The molecule has 2 fully saturated rings. The van der Waals surface area contributed by atoms with Crippen LogP contribution in [0.25, 0.3) is 0 Å². The summed E-state index contributed by atoms with van der Waals surface area (Å²) in [6, 6.07) is 4.19. The minimum atomic E-state index is -4.34. The van der Waals surface area contributed by atoms with E-state index < -0.39 is 11.9 Å². The number of rotatable bonds is 1. The predicted octanol–water partition coefficient (Wildman–Crippen LogP) is 2.80. The van der Waals surface area contributed by atoms with Crippen LogP contribution < -0.4 is 5.32 Å². The molecule has 2 atom stereocenters. The summed E-state index contributed by atoms with van der Waals surface area (Å²) in [4.78, 5) is 3.77. The van der Waals surface area contributed by atoms with Gasteiger partial charge in [-0.15, -0.1) is 24.8 Å². The summed E-state index contributed by atoms with van der Waals surface area (Å²) in [5, 5.41) is 3.20. The standard InChI is InChI=1S/C11H11F3N2.2ClH/c12-11(13,14)9-3-1-2-8(16-9)10-4-7(10)5-15-6-10;;/h1-3,7,15H,4-6H2;2*1H/t7-,10-;;/m1../s1. The summed E-state index contributed by atoms with van der Waals surface area (Å²) in [5.74, 6) is 0.475. The monoisotopic (exact) mass is 300 g/mol. The number of fused-ring (bicyclic) bond motifs is 1. The van der Waals surface area contributed by atoms with E-state index in [-0.39, 0.29) is 30.2 Å². The van der Waals surface area contributed by atoms with E-state index in [0.29, 0.717) is 11.6 Å². The third-order valence-electron chi connectivity index (χ3n) is 3.61. The number of pyridine rings is 1. The van der Waals surface area contributed by atoms with Gasteiger partial charge in [0.2, 0.25) is 0 Å². The van der Waals surface area contributed by atoms with E-state index in [1.807, 2.05) is 0 Å². The molecule has 0 radical (unpaired) electrons. The van der Waals surface area contributed by atoms with Crippen molar-refractivity contribution < 1.29 is 13.2 Å². The average Bonchev–Trinajstić information content (AvgIpc) is 2.81. The van der Waals surface area contributed by atoms with Crippen molar-refractivity contribution in [3.05, 3.63) is 29.6 Å². The lowest BCUT2D eigenvalue weighted by Gasteiger charge is -2.13. The molecule has 1 saturated heterocycles. The van der Waals surface area contributed by atoms with Gasteiger partial charge < -0.3 is 5.32 Å². The predicted molar refractivity (Wildman–Crippen MR) is 66.4 cm³/mol. The molecule has 102 valence electrons. The Morgan fingerprint density at radius 2 is 2.00 bits per heavy atom. The number of alkyl halides is 3. The highest BCUT2D eigenvalue weighted by Crippen LogP contribution is 2.55. The molecule has 0 amide bonds. The van der Waals surface area contributed by atoms with Crippen molar-refractivity contribution in [2.75, 3.05) is 13.1 Å². The number of hydrogen-bond acceptors (Lipinski definition) is 2. The summed E-state index contributed by atoms with van der Waals surface area (Å²) in [6.07, 6.45) is -3.38. The molecule has 1 aliphatic carbocycles. The van der Waals surface area contributed by atoms with Gasteiger partial charge in [-0.3, -0.25) is 0 Å². The van der Waals surface area contributed by atoms with E-state index in [9.17, 15) is 13.2 Å². The number of hydrogen-bond donors (Lipinski definition) is 1. The van der Waals surface area contributed by atoms with E-state index >= 15 is 0 Å². The van der Waals surface area contributed by atoms with Crippen LogP contribution in [0.1, 0.15) is 17.8 Å². The van der Waals surface area contributed by atoms with Crippen molar-refractivity contribution in [3.8, 4) is 0 Å². The number of piperidine rings is 1. The first-order valence-corrected chi connectivity index (χ1v) is 5.28. The van der Waals surface area contributed by atoms with E-state index in [2.05, 4.69) is 10.3 Å². The van der Waals surface area contributed by atoms with Gasteiger partial charge in [-0.1, -0.05) is 6.07 Å². The van der Waals surface area contributed by atoms with E-state index in [1.54, 1.807) is 6.07 Å². The maximum Gasteiger partial charge on any atom is 0.433 e. The fourth-order valence-electron chi connectivity index (χ4n) is 2.61. The second-order valence-corrected chi connectivity index (χ2v) is 4.59. The highest BCUT2D eigenvalue weighted by molar-refractivity contribution is 5.85. The minimum Gasteiger partial charge on any atom is -0.315 e. The Kier molecular flexibility index (Phi) is 4.20. The Labute approximate surface area is 115 Å².